The van der Waals surface area contributed by atoms with Gasteiger partial charge in [-0.1, -0.05) is 6.07 Å². The van der Waals surface area contributed by atoms with Crippen LogP contribution in [-0.2, 0) is 0 Å². The van der Waals surface area contributed by atoms with Crippen molar-refractivity contribution in [3.05, 3.63) is 109 Å². The molecule has 3 aromatic heterocycles. The zero-order valence-corrected chi connectivity index (χ0v) is 19.7. The van der Waals surface area contributed by atoms with Crippen molar-refractivity contribution in [3.8, 4) is 6.07 Å². The largest absolute Gasteiger partial charge is 0.271 e. The number of halogens is 5. The van der Waals surface area contributed by atoms with Gasteiger partial charge in [0.2, 0.25) is 5.82 Å². The number of nitriles is 1. The van der Waals surface area contributed by atoms with E-state index in [0.29, 0.717) is 25.4 Å². The van der Waals surface area contributed by atoms with Crippen molar-refractivity contribution >= 4 is 54.1 Å². The fourth-order valence-corrected chi connectivity index (χ4v) is 6.01. The Kier molecular flexibility index (Phi) is 5.79. The number of hydrogen-bond acceptors (Lipinski definition) is 4. The number of fused-ring (bicyclic) bond motifs is 2. The Hall–Kier alpha value is -4.12. The lowest BCUT2D eigenvalue weighted by atomic mass is 9.94. The Bertz CT molecular complexity index is 1820. The van der Waals surface area contributed by atoms with E-state index in [9.17, 15) is 18.4 Å². The second kappa shape index (κ2) is 8.83. The van der Waals surface area contributed by atoms with Gasteiger partial charge in [-0.3, -0.25) is 4.98 Å². The van der Waals surface area contributed by atoms with E-state index in [1.807, 2.05) is 6.07 Å². The van der Waals surface area contributed by atoms with Crippen molar-refractivity contribution in [2.45, 2.75) is 6.92 Å². The van der Waals surface area contributed by atoms with Gasteiger partial charge in [-0.15, -0.1) is 22.7 Å². The molecule has 176 valence electrons. The Morgan fingerprint density at radius 1 is 0.861 bits per heavy atom. The summed E-state index contributed by atoms with van der Waals surface area (Å²) in [6.45, 7) is 9.18. The summed E-state index contributed by atoms with van der Waals surface area (Å²) in [5, 5.41) is 14.3. The first-order valence-corrected chi connectivity index (χ1v) is 11.9. The molecule has 0 saturated carbocycles. The van der Waals surface area contributed by atoms with Crippen molar-refractivity contribution in [1.82, 2.24) is 4.98 Å². The van der Waals surface area contributed by atoms with Gasteiger partial charge in [0.05, 0.1) is 23.9 Å². The highest BCUT2D eigenvalue weighted by Crippen LogP contribution is 2.33. The molecule has 3 nitrogen and oxygen atoms in total. The highest BCUT2D eigenvalue weighted by Gasteiger charge is 2.30. The average Bonchev–Trinajstić information content (AvgIpc) is 3.56. The van der Waals surface area contributed by atoms with Crippen molar-refractivity contribution in [1.29, 1.82) is 5.26 Å². The van der Waals surface area contributed by atoms with Crippen molar-refractivity contribution < 1.29 is 22.0 Å². The first-order chi connectivity index (χ1) is 17.3. The van der Waals surface area contributed by atoms with E-state index in [4.69, 9.17) is 6.57 Å². The van der Waals surface area contributed by atoms with Crippen LogP contribution < -0.4 is 10.4 Å². The summed E-state index contributed by atoms with van der Waals surface area (Å²) in [5.41, 5.74) is -0.853. The van der Waals surface area contributed by atoms with Crippen LogP contribution in [-0.4, -0.2) is 4.98 Å². The highest BCUT2D eigenvalue weighted by atomic mass is 32.1. The summed E-state index contributed by atoms with van der Waals surface area (Å²) in [7, 11) is 0. The van der Waals surface area contributed by atoms with Crippen molar-refractivity contribution in [2.75, 3.05) is 0 Å². The van der Waals surface area contributed by atoms with Gasteiger partial charge >= 0.3 is 0 Å². The van der Waals surface area contributed by atoms with E-state index in [0.717, 1.165) is 16.9 Å². The van der Waals surface area contributed by atoms with Gasteiger partial charge in [-0.25, -0.2) is 32.1 Å². The minimum Gasteiger partial charge on any atom is -0.256 e. The molecule has 0 saturated heterocycles. The molecule has 0 aliphatic heterocycles. The molecule has 3 heterocycles. The third-order valence-electron chi connectivity index (χ3n) is 5.66. The summed E-state index contributed by atoms with van der Waals surface area (Å²) >= 11 is 2.35. The molecule has 5 rings (SSSR count). The van der Waals surface area contributed by atoms with Gasteiger partial charge in [0.1, 0.15) is 0 Å². The molecule has 10 heteroatoms. The van der Waals surface area contributed by atoms with E-state index in [1.54, 1.807) is 35.9 Å². The normalized spacial score (nSPS) is 13.0. The van der Waals surface area contributed by atoms with E-state index < -0.39 is 34.6 Å². The SMILES string of the molecule is [C-]#[N+]/C(C#N)=c1/c2ccsc2/c(=C(\c2ccc(C)cn2)c2c(F)c(F)c(F)c(F)c2F)c2ccsc12. The number of aryl methyl sites for hydroxylation is 1. The molecule has 0 amide bonds. The Balaban J connectivity index is 2.18. The van der Waals surface area contributed by atoms with Gasteiger partial charge in [-0.05, 0) is 46.8 Å². The first kappa shape index (κ1) is 23.6. The summed E-state index contributed by atoms with van der Waals surface area (Å²) in [6, 6.07) is 8.21. The monoisotopic (exact) mass is 523 g/mol. The van der Waals surface area contributed by atoms with Crippen molar-refractivity contribution in [3.63, 3.8) is 0 Å². The van der Waals surface area contributed by atoms with Crippen LogP contribution in [0.4, 0.5) is 22.0 Å². The quantitative estimate of drug-likeness (QED) is 0.118. The molecule has 0 aliphatic carbocycles. The lowest BCUT2D eigenvalue weighted by Gasteiger charge is -2.14. The lowest BCUT2D eigenvalue weighted by Crippen LogP contribution is -2.19. The van der Waals surface area contributed by atoms with Crippen LogP contribution in [0.3, 0.4) is 0 Å². The molecule has 0 radical (unpaired) electrons. The number of aromatic nitrogens is 1. The highest BCUT2D eigenvalue weighted by molar-refractivity contribution is 7.18. The first-order valence-electron chi connectivity index (χ1n) is 10.2. The van der Waals surface area contributed by atoms with Gasteiger partial charge in [0.15, 0.2) is 23.3 Å². The third-order valence-corrected chi connectivity index (χ3v) is 7.52. The molecule has 5 aromatic rings. The average molecular weight is 524 g/mol. The van der Waals surface area contributed by atoms with Crippen LogP contribution in [0.15, 0.2) is 41.2 Å². The number of hydrogen-bond donors (Lipinski definition) is 0. The molecule has 2 aromatic carbocycles. The maximum atomic E-state index is 15.2. The summed E-state index contributed by atoms with van der Waals surface area (Å²) < 4.78 is 74.0. The Morgan fingerprint density at radius 2 is 1.42 bits per heavy atom. The van der Waals surface area contributed by atoms with Gasteiger partial charge in [0.25, 0.3) is 5.70 Å². The van der Waals surface area contributed by atoms with Crippen LogP contribution in [0.1, 0.15) is 16.8 Å². The van der Waals surface area contributed by atoms with E-state index in [2.05, 4.69) is 9.83 Å². The molecule has 36 heavy (non-hydrogen) atoms. The van der Waals surface area contributed by atoms with Gasteiger partial charge in [0, 0.05) is 37.0 Å². The Morgan fingerprint density at radius 3 is 1.94 bits per heavy atom. The fourth-order valence-electron chi connectivity index (χ4n) is 4.09. The molecule has 0 spiro atoms. The van der Waals surface area contributed by atoms with Crippen LogP contribution in [0, 0.1) is 53.9 Å². The topological polar surface area (TPSA) is 41.0 Å². The maximum Gasteiger partial charge on any atom is 0.271 e. The zero-order valence-electron chi connectivity index (χ0n) is 18.1. The minimum atomic E-state index is -2.26. The third kappa shape index (κ3) is 3.38. The summed E-state index contributed by atoms with van der Waals surface area (Å²) in [5.74, 6) is -10.4. The summed E-state index contributed by atoms with van der Waals surface area (Å²) in [4.78, 5) is 7.60. The maximum absolute atomic E-state index is 15.2. The second-order valence-electron chi connectivity index (χ2n) is 7.69. The standard InChI is InChI=1S/C26H10F5N3S2/c1-11-3-4-14(34-10-11)18(19-20(27)22(29)24(31)23(30)21(19)28)17-13-6-8-35-25(13)16(15(9-32)33-2)12-5-7-36-26(12)17/h3-8,10H,1H3/b16-15-,18-17+. The predicted molar refractivity (Wildman–Crippen MR) is 129 cm³/mol. The predicted octanol–water partition coefficient (Wildman–Crippen LogP) is 6.31. The van der Waals surface area contributed by atoms with Crippen molar-refractivity contribution in [2.24, 2.45) is 0 Å². The molecule has 0 N–H and O–H groups in total. The summed E-state index contributed by atoms with van der Waals surface area (Å²) in [6.07, 6.45) is 1.42. The number of pyridine rings is 1. The zero-order chi connectivity index (χ0) is 25.7. The van der Waals surface area contributed by atoms with E-state index in [-0.39, 0.29) is 22.2 Å². The van der Waals surface area contributed by atoms with Gasteiger partial charge in [-0.2, -0.15) is 0 Å². The fraction of sp³-hybridized carbons (Fsp3) is 0.0385. The second-order valence-corrected chi connectivity index (χ2v) is 9.52. The van der Waals surface area contributed by atoms with E-state index >= 15 is 8.78 Å². The molecule has 0 fully saturated rings. The molecule has 0 aliphatic rings. The Labute approximate surface area is 208 Å². The molecule has 0 bridgehead atoms. The molecule has 0 atom stereocenters. The molecular weight excluding hydrogens is 513 g/mol. The number of nitrogens with zero attached hydrogens (tertiary/aromatic N) is 3. The molecular formula is C26H10F5N3S2. The van der Waals surface area contributed by atoms with Crippen LogP contribution in [0.2, 0.25) is 0 Å². The van der Waals surface area contributed by atoms with Crippen LogP contribution in [0.5, 0.6) is 0 Å². The number of benzene rings is 2. The van der Waals surface area contributed by atoms with Crippen LogP contribution >= 0.6 is 22.7 Å². The number of rotatable bonds is 2. The lowest BCUT2D eigenvalue weighted by molar-refractivity contribution is 0.376. The van der Waals surface area contributed by atoms with Crippen LogP contribution in [0.25, 0.3) is 36.3 Å². The van der Waals surface area contributed by atoms with Gasteiger partial charge < -0.3 is 0 Å². The molecule has 0 unspecified atom stereocenters. The smallest absolute Gasteiger partial charge is 0.256 e. The minimum absolute atomic E-state index is 0.00609. The van der Waals surface area contributed by atoms with E-state index in [1.165, 1.54) is 23.6 Å². The number of thiophene rings is 2.